The van der Waals surface area contributed by atoms with E-state index in [4.69, 9.17) is 27.9 Å². The van der Waals surface area contributed by atoms with Crippen molar-refractivity contribution in [2.75, 3.05) is 43.1 Å². The molecule has 3 rings (SSSR count). The molecule has 0 fully saturated rings. The lowest BCUT2D eigenvalue weighted by molar-refractivity contribution is -0.123. The van der Waals surface area contributed by atoms with Gasteiger partial charge in [0.15, 0.2) is 0 Å². The van der Waals surface area contributed by atoms with Crippen LogP contribution in [0.1, 0.15) is 70.6 Å². The lowest BCUT2D eigenvalue weighted by Gasteiger charge is -2.27. The number of fused-ring (bicyclic) bond motifs is 1. The number of benzene rings is 2. The fraction of sp³-hybridized carbons (Fsp3) is 0.500. The number of unbranched alkanes of at least 4 members (excludes halogenated alkanes) is 3. The molecule has 1 aromatic heterocycles. The van der Waals surface area contributed by atoms with Crippen LogP contribution in [-0.2, 0) is 16.2 Å². The molecule has 0 aliphatic heterocycles. The molecule has 0 spiro atoms. The SMILES string of the molecule is CCCC[P+](CCCC)(CCCC)CC(=O)NCC(=O)N(C)c1ccc(Cl)c(COc2cccc3ccc(C)nc23)c1Cl. The van der Waals surface area contributed by atoms with Gasteiger partial charge in [0.05, 0.1) is 35.7 Å². The second kappa shape index (κ2) is 17.2. The van der Waals surface area contributed by atoms with Crippen LogP contribution >= 0.6 is 30.5 Å². The molecule has 2 aromatic carbocycles. The number of nitrogens with zero attached hydrogens (tertiary/aromatic N) is 2. The van der Waals surface area contributed by atoms with E-state index < -0.39 is 7.26 Å². The Bertz CT molecular complexity index is 1360. The third-order valence-electron chi connectivity index (χ3n) is 7.97. The smallest absolute Gasteiger partial charge is 0.257 e. The van der Waals surface area contributed by atoms with Crippen LogP contribution in [0.15, 0.2) is 42.5 Å². The number of carbonyl (C=O) groups excluding carboxylic acids is 2. The van der Waals surface area contributed by atoms with Crippen molar-refractivity contribution in [2.24, 2.45) is 0 Å². The van der Waals surface area contributed by atoms with Crippen LogP contribution in [0.3, 0.4) is 0 Å². The number of hydrogen-bond acceptors (Lipinski definition) is 4. The van der Waals surface area contributed by atoms with E-state index in [1.165, 1.54) is 4.90 Å². The average molecular weight is 648 g/mol. The number of amides is 2. The Kier molecular flexibility index (Phi) is 14.0. The topological polar surface area (TPSA) is 71.5 Å². The first kappa shape index (κ1) is 35.1. The second-order valence-electron chi connectivity index (χ2n) is 11.4. The Labute approximate surface area is 268 Å². The number of halogens is 2. The summed E-state index contributed by atoms with van der Waals surface area (Å²) in [4.78, 5) is 32.5. The number of anilines is 1. The highest BCUT2D eigenvalue weighted by Crippen LogP contribution is 2.60. The summed E-state index contributed by atoms with van der Waals surface area (Å²) >= 11 is 13.3. The number of ether oxygens (including phenoxy) is 1. The molecule has 0 radical (unpaired) electrons. The van der Waals surface area contributed by atoms with Crippen LogP contribution in [0.2, 0.25) is 10.0 Å². The number of hydrogen-bond donors (Lipinski definition) is 1. The Morgan fingerprint density at radius 2 is 1.58 bits per heavy atom. The molecule has 1 heterocycles. The van der Waals surface area contributed by atoms with Gasteiger partial charge in [-0.1, -0.05) is 81.4 Å². The van der Waals surface area contributed by atoms with Gasteiger partial charge in [0, 0.05) is 36.0 Å². The van der Waals surface area contributed by atoms with Crippen LogP contribution in [0.5, 0.6) is 5.75 Å². The molecule has 0 aliphatic carbocycles. The summed E-state index contributed by atoms with van der Waals surface area (Å²) in [5, 5.41) is 4.68. The van der Waals surface area contributed by atoms with Gasteiger partial charge in [-0.25, -0.2) is 4.98 Å². The highest BCUT2D eigenvalue weighted by Gasteiger charge is 2.38. The predicted octanol–water partition coefficient (Wildman–Crippen LogP) is 8.93. The van der Waals surface area contributed by atoms with Gasteiger partial charge in [-0.3, -0.25) is 9.59 Å². The number of nitrogens with one attached hydrogen (secondary N) is 1. The predicted molar refractivity (Wildman–Crippen MR) is 185 cm³/mol. The fourth-order valence-electron chi connectivity index (χ4n) is 5.30. The minimum absolute atomic E-state index is 0.0198. The third kappa shape index (κ3) is 9.80. The van der Waals surface area contributed by atoms with Crippen LogP contribution in [0.25, 0.3) is 10.9 Å². The summed E-state index contributed by atoms with van der Waals surface area (Å²) in [5.74, 6) is 0.355. The van der Waals surface area contributed by atoms with Crippen molar-refractivity contribution in [1.29, 1.82) is 0 Å². The van der Waals surface area contributed by atoms with Gasteiger partial charge in [-0.05, 0) is 50.5 Å². The Balaban J connectivity index is 1.69. The minimum atomic E-state index is -1.41. The number of aromatic nitrogens is 1. The lowest BCUT2D eigenvalue weighted by Crippen LogP contribution is -2.40. The van der Waals surface area contributed by atoms with E-state index in [2.05, 4.69) is 31.1 Å². The Morgan fingerprint density at radius 1 is 0.930 bits per heavy atom. The quantitative estimate of drug-likeness (QED) is 0.149. The van der Waals surface area contributed by atoms with Crippen LogP contribution < -0.4 is 15.0 Å². The first-order chi connectivity index (χ1) is 20.6. The van der Waals surface area contributed by atoms with Crippen molar-refractivity contribution in [2.45, 2.75) is 72.8 Å². The number of para-hydroxylation sites is 1. The molecule has 0 unspecified atom stereocenters. The van der Waals surface area contributed by atoms with E-state index in [0.717, 1.165) is 73.6 Å². The molecule has 0 saturated carbocycles. The van der Waals surface area contributed by atoms with Gasteiger partial charge in [0.2, 0.25) is 5.91 Å². The molecule has 2 amide bonds. The zero-order valence-corrected chi connectivity index (χ0v) is 28.8. The van der Waals surface area contributed by atoms with E-state index in [1.54, 1.807) is 19.2 Å². The van der Waals surface area contributed by atoms with Crippen molar-refractivity contribution in [3.8, 4) is 5.75 Å². The van der Waals surface area contributed by atoms with Crippen molar-refractivity contribution < 1.29 is 14.3 Å². The average Bonchev–Trinajstić information content (AvgIpc) is 3.00. The molecule has 43 heavy (non-hydrogen) atoms. The van der Waals surface area contributed by atoms with Gasteiger partial charge in [0.25, 0.3) is 5.91 Å². The van der Waals surface area contributed by atoms with E-state index in [0.29, 0.717) is 33.2 Å². The summed E-state index contributed by atoms with van der Waals surface area (Å²) in [6, 6.07) is 13.2. The zero-order chi connectivity index (χ0) is 31.4. The highest BCUT2D eigenvalue weighted by molar-refractivity contribution is 7.76. The fourth-order valence-corrected chi connectivity index (χ4v) is 10.7. The molecule has 0 bridgehead atoms. The van der Waals surface area contributed by atoms with Crippen molar-refractivity contribution in [1.82, 2.24) is 10.3 Å². The molecule has 3 aromatic rings. The normalized spacial score (nSPS) is 11.5. The Morgan fingerprint density at radius 3 is 2.21 bits per heavy atom. The number of rotatable bonds is 17. The van der Waals surface area contributed by atoms with Gasteiger partial charge in [-0.2, -0.15) is 0 Å². The number of likely N-dealkylation sites (N-methyl/N-ethyl adjacent to an activating group) is 1. The standard InChI is InChI=1S/C34H46Cl2N3O3P/c1-6-9-19-43(20-10-7-2,21-11-8-3)24-31(40)37-22-32(41)39(5)29-18-17-28(35)27(33(29)36)23-42-30-14-12-13-26-16-15-25(4)38-34(26)30/h12-18H,6-11,19-24H2,1-5H3/p+1. The molecule has 9 heteroatoms. The van der Waals surface area contributed by atoms with Gasteiger partial charge < -0.3 is 15.0 Å². The maximum atomic E-state index is 13.2. The summed E-state index contributed by atoms with van der Waals surface area (Å²) in [5.41, 5.74) is 2.74. The van der Waals surface area contributed by atoms with E-state index in [9.17, 15) is 9.59 Å². The minimum Gasteiger partial charge on any atom is -0.487 e. The van der Waals surface area contributed by atoms with E-state index in [-0.39, 0.29) is 25.0 Å². The first-order valence-corrected chi connectivity index (χ1v) is 18.8. The first-order valence-electron chi connectivity index (χ1n) is 15.5. The molecule has 0 aliphatic rings. The summed E-state index contributed by atoms with van der Waals surface area (Å²) in [7, 11) is 0.253. The summed E-state index contributed by atoms with van der Waals surface area (Å²) < 4.78 is 6.14. The van der Waals surface area contributed by atoms with Crippen molar-refractivity contribution >= 4 is 58.9 Å². The number of pyridine rings is 1. The van der Waals surface area contributed by atoms with Gasteiger partial charge in [-0.15, -0.1) is 0 Å². The zero-order valence-electron chi connectivity index (χ0n) is 26.3. The van der Waals surface area contributed by atoms with Crippen LogP contribution in [0.4, 0.5) is 5.69 Å². The van der Waals surface area contributed by atoms with E-state index in [1.807, 2.05) is 37.3 Å². The maximum Gasteiger partial charge on any atom is 0.257 e. The van der Waals surface area contributed by atoms with Gasteiger partial charge in [0.1, 0.15) is 24.0 Å². The summed E-state index contributed by atoms with van der Waals surface area (Å²) in [6.45, 7) is 8.60. The number of aryl methyl sites for hydroxylation is 1. The molecular formula is C34H47Cl2N3O3P+. The molecule has 6 nitrogen and oxygen atoms in total. The largest absolute Gasteiger partial charge is 0.487 e. The highest BCUT2D eigenvalue weighted by atomic mass is 35.5. The van der Waals surface area contributed by atoms with E-state index >= 15 is 0 Å². The molecular weight excluding hydrogens is 600 g/mol. The second-order valence-corrected chi connectivity index (χ2v) is 16.5. The molecule has 0 saturated heterocycles. The van der Waals surface area contributed by atoms with Crippen molar-refractivity contribution in [3.05, 3.63) is 63.8 Å². The summed E-state index contributed by atoms with van der Waals surface area (Å²) in [6.07, 6.45) is 10.9. The van der Waals surface area contributed by atoms with Crippen LogP contribution in [0, 0.1) is 6.92 Å². The van der Waals surface area contributed by atoms with Crippen molar-refractivity contribution in [3.63, 3.8) is 0 Å². The molecule has 234 valence electrons. The molecule has 0 atom stereocenters. The third-order valence-corrected chi connectivity index (χ3v) is 13.5. The maximum absolute atomic E-state index is 13.2. The number of carbonyl (C=O) groups is 2. The van der Waals surface area contributed by atoms with Gasteiger partial charge >= 0.3 is 0 Å². The lowest BCUT2D eigenvalue weighted by atomic mass is 10.1. The Hall–Kier alpha value is -2.40. The monoisotopic (exact) mass is 646 g/mol. The molecule has 1 N–H and O–H groups in total. The van der Waals surface area contributed by atoms with Crippen LogP contribution in [-0.4, -0.2) is 55.0 Å².